The van der Waals surface area contributed by atoms with Crippen LogP contribution in [0.4, 0.5) is 0 Å². The summed E-state index contributed by atoms with van der Waals surface area (Å²) in [5.74, 6) is -0.565. The number of ether oxygens (including phenoxy) is 2. The van der Waals surface area contributed by atoms with Gasteiger partial charge in [0.2, 0.25) is 0 Å². The number of aliphatic hydroxyl groups is 1. The van der Waals surface area contributed by atoms with Gasteiger partial charge in [-0.3, -0.25) is 9.59 Å². The average molecular weight is 821 g/mol. The highest BCUT2D eigenvalue weighted by Gasteiger charge is 2.16. The van der Waals surface area contributed by atoms with Gasteiger partial charge >= 0.3 is 11.9 Å². The number of aliphatic hydroxyl groups excluding tert-OH is 1. The van der Waals surface area contributed by atoms with Gasteiger partial charge in [0.05, 0.1) is 6.61 Å². The molecule has 0 bridgehead atoms. The maximum atomic E-state index is 12.3. The van der Waals surface area contributed by atoms with E-state index >= 15 is 0 Å². The molecule has 0 radical (unpaired) electrons. The summed E-state index contributed by atoms with van der Waals surface area (Å²) in [5, 5.41) is 9.63. The zero-order valence-corrected chi connectivity index (χ0v) is 39.6. The second kappa shape index (κ2) is 50.3. The van der Waals surface area contributed by atoms with E-state index in [1.807, 2.05) is 0 Å². The zero-order valence-electron chi connectivity index (χ0n) is 39.6. The topological polar surface area (TPSA) is 72.8 Å². The van der Waals surface area contributed by atoms with E-state index in [0.29, 0.717) is 12.8 Å². The molecule has 0 heterocycles. The van der Waals surface area contributed by atoms with E-state index in [4.69, 9.17) is 9.47 Å². The highest BCUT2D eigenvalue weighted by Crippen LogP contribution is 2.18. The maximum absolute atomic E-state index is 12.3. The molecular weight excluding hydrogens is 717 g/mol. The van der Waals surface area contributed by atoms with Crippen LogP contribution in [0.3, 0.4) is 0 Å². The Balaban J connectivity index is 3.41. The van der Waals surface area contributed by atoms with E-state index in [9.17, 15) is 14.7 Å². The number of unbranched alkanes of at least 4 members (excludes halogenated alkanes) is 42. The largest absolute Gasteiger partial charge is 0.462 e. The molecule has 0 aliphatic heterocycles. The van der Waals surface area contributed by atoms with Crippen LogP contribution in [-0.2, 0) is 19.1 Å². The van der Waals surface area contributed by atoms with Crippen molar-refractivity contribution in [3.05, 3.63) is 0 Å². The number of carbonyl (C=O) groups is 2. The Labute approximate surface area is 363 Å². The summed E-state index contributed by atoms with van der Waals surface area (Å²) >= 11 is 0. The molecule has 1 atom stereocenters. The Morgan fingerprint density at radius 3 is 0.759 bits per heavy atom. The molecule has 0 unspecified atom stereocenters. The van der Waals surface area contributed by atoms with Gasteiger partial charge in [-0.15, -0.1) is 0 Å². The summed E-state index contributed by atoms with van der Waals surface area (Å²) in [7, 11) is 0. The fourth-order valence-electron chi connectivity index (χ4n) is 8.38. The number of hydrogen-bond donors (Lipinski definition) is 1. The van der Waals surface area contributed by atoms with Gasteiger partial charge in [-0.1, -0.05) is 284 Å². The molecule has 0 rings (SSSR count). The third-order valence-corrected chi connectivity index (χ3v) is 12.4. The quantitative estimate of drug-likeness (QED) is 0.0489. The highest BCUT2D eigenvalue weighted by molar-refractivity contribution is 5.70. The van der Waals surface area contributed by atoms with Crippen LogP contribution in [0.1, 0.15) is 309 Å². The van der Waals surface area contributed by atoms with Gasteiger partial charge in [0.15, 0.2) is 6.10 Å². The van der Waals surface area contributed by atoms with E-state index in [-0.39, 0.29) is 25.2 Å². The third-order valence-electron chi connectivity index (χ3n) is 12.4. The Morgan fingerprint density at radius 1 is 0.328 bits per heavy atom. The lowest BCUT2D eigenvalue weighted by Gasteiger charge is -2.15. The van der Waals surface area contributed by atoms with Gasteiger partial charge in [0.1, 0.15) is 6.61 Å². The molecule has 0 aliphatic carbocycles. The molecule has 0 aliphatic rings. The minimum Gasteiger partial charge on any atom is -0.462 e. The van der Waals surface area contributed by atoms with Gasteiger partial charge in [0.25, 0.3) is 0 Å². The highest BCUT2D eigenvalue weighted by atomic mass is 16.6. The first-order valence-electron chi connectivity index (χ1n) is 26.6. The lowest BCUT2D eigenvalue weighted by Crippen LogP contribution is -2.28. The summed E-state index contributed by atoms with van der Waals surface area (Å²) in [4.78, 5) is 24.5. The molecule has 0 amide bonds. The minimum atomic E-state index is -0.763. The van der Waals surface area contributed by atoms with Crippen molar-refractivity contribution in [2.45, 2.75) is 315 Å². The van der Waals surface area contributed by atoms with Crippen LogP contribution in [0.25, 0.3) is 0 Å². The average Bonchev–Trinajstić information content (AvgIpc) is 3.23. The fourth-order valence-corrected chi connectivity index (χ4v) is 8.38. The van der Waals surface area contributed by atoms with E-state index in [2.05, 4.69) is 13.8 Å². The molecule has 346 valence electrons. The van der Waals surface area contributed by atoms with E-state index in [0.717, 1.165) is 32.1 Å². The van der Waals surface area contributed by atoms with Crippen molar-refractivity contribution in [1.82, 2.24) is 0 Å². The minimum absolute atomic E-state index is 0.0558. The zero-order chi connectivity index (χ0) is 42.1. The third kappa shape index (κ3) is 47.6. The summed E-state index contributed by atoms with van der Waals surface area (Å²) in [5.41, 5.74) is 0. The first-order valence-corrected chi connectivity index (χ1v) is 26.6. The lowest BCUT2D eigenvalue weighted by atomic mass is 10.0. The summed E-state index contributed by atoms with van der Waals surface area (Å²) in [6, 6.07) is 0. The van der Waals surface area contributed by atoms with Crippen LogP contribution >= 0.6 is 0 Å². The molecular formula is C53H104O5. The lowest BCUT2D eigenvalue weighted by molar-refractivity contribution is -0.161. The Hall–Kier alpha value is -1.10. The number of hydrogen-bond acceptors (Lipinski definition) is 5. The predicted octanol–water partition coefficient (Wildman–Crippen LogP) is 17.4. The second-order valence-corrected chi connectivity index (χ2v) is 18.3. The van der Waals surface area contributed by atoms with Gasteiger partial charge < -0.3 is 14.6 Å². The summed E-state index contributed by atoms with van der Waals surface area (Å²) in [6.45, 7) is 4.20. The van der Waals surface area contributed by atoms with Gasteiger partial charge in [-0.05, 0) is 12.8 Å². The van der Waals surface area contributed by atoms with Gasteiger partial charge in [-0.25, -0.2) is 0 Å². The number of carbonyl (C=O) groups excluding carboxylic acids is 2. The number of esters is 2. The smallest absolute Gasteiger partial charge is 0.306 e. The molecule has 58 heavy (non-hydrogen) atoms. The second-order valence-electron chi connectivity index (χ2n) is 18.3. The molecule has 1 N–H and O–H groups in total. The van der Waals surface area contributed by atoms with Crippen LogP contribution in [0.5, 0.6) is 0 Å². The molecule has 0 saturated heterocycles. The van der Waals surface area contributed by atoms with E-state index in [1.165, 1.54) is 250 Å². The Bertz CT molecular complexity index is 799. The Morgan fingerprint density at radius 2 is 0.534 bits per heavy atom. The van der Waals surface area contributed by atoms with Crippen molar-refractivity contribution < 1.29 is 24.2 Å². The number of rotatable bonds is 50. The maximum Gasteiger partial charge on any atom is 0.306 e. The molecule has 0 fully saturated rings. The standard InChI is InChI=1S/C53H104O5/c1-3-5-7-9-11-13-15-17-19-21-23-25-26-28-29-31-33-35-37-39-41-43-45-47-52(55)57-50-51(49-54)58-53(56)48-46-44-42-40-38-36-34-32-30-27-24-22-20-18-16-14-12-10-8-6-4-2/h51,54H,3-50H2,1-2H3/t51-/m0/s1. The van der Waals surface area contributed by atoms with Gasteiger partial charge in [-0.2, -0.15) is 0 Å². The van der Waals surface area contributed by atoms with Crippen LogP contribution in [-0.4, -0.2) is 36.4 Å². The van der Waals surface area contributed by atoms with Crippen LogP contribution < -0.4 is 0 Å². The van der Waals surface area contributed by atoms with E-state index in [1.54, 1.807) is 0 Å². The van der Waals surface area contributed by atoms with Crippen molar-refractivity contribution in [2.24, 2.45) is 0 Å². The molecule has 0 aromatic carbocycles. The van der Waals surface area contributed by atoms with Crippen LogP contribution in [0.15, 0.2) is 0 Å². The molecule has 0 aromatic rings. The Kier molecular flexibility index (Phi) is 49.3. The van der Waals surface area contributed by atoms with Crippen LogP contribution in [0, 0.1) is 0 Å². The SMILES string of the molecule is CCCCCCCCCCCCCCCCCCCCCCCCCC(=O)OC[C@H](CO)OC(=O)CCCCCCCCCCCCCCCCCCCCCCC. The predicted molar refractivity (Wildman–Crippen MR) is 252 cm³/mol. The van der Waals surface area contributed by atoms with Gasteiger partial charge in [0, 0.05) is 12.8 Å². The monoisotopic (exact) mass is 821 g/mol. The van der Waals surface area contributed by atoms with Crippen LogP contribution in [0.2, 0.25) is 0 Å². The van der Waals surface area contributed by atoms with Crippen molar-refractivity contribution >= 4 is 11.9 Å². The van der Waals surface area contributed by atoms with Crippen molar-refractivity contribution in [2.75, 3.05) is 13.2 Å². The molecule has 0 saturated carbocycles. The van der Waals surface area contributed by atoms with Crippen molar-refractivity contribution in [3.63, 3.8) is 0 Å². The molecule has 0 spiro atoms. The molecule has 5 heteroatoms. The van der Waals surface area contributed by atoms with E-state index < -0.39 is 6.10 Å². The van der Waals surface area contributed by atoms with Crippen molar-refractivity contribution in [3.8, 4) is 0 Å². The summed E-state index contributed by atoms with van der Waals surface area (Å²) in [6.07, 6.45) is 59.2. The first-order chi connectivity index (χ1) is 28.6. The first kappa shape index (κ1) is 56.9. The summed E-state index contributed by atoms with van der Waals surface area (Å²) < 4.78 is 10.7. The molecule has 5 nitrogen and oxygen atoms in total. The molecule has 0 aromatic heterocycles. The van der Waals surface area contributed by atoms with Crippen molar-refractivity contribution in [1.29, 1.82) is 0 Å². The normalized spacial score (nSPS) is 12.0. The fraction of sp³-hybridized carbons (Fsp3) is 0.962.